The minimum absolute atomic E-state index is 0.158. The fourth-order valence-corrected chi connectivity index (χ4v) is 5.93. The average molecular weight is 487 g/mol. The van der Waals surface area contributed by atoms with Crippen molar-refractivity contribution in [2.24, 2.45) is 0 Å². The molecule has 10 heteroatoms. The lowest BCUT2D eigenvalue weighted by molar-refractivity contribution is -0.113. The SMILES string of the molecule is CCOC(=O)c1c(NC(=O)CSc2nnc(-c3ccc(OC)cc3)n2CC)sc2c1CCC2. The van der Waals surface area contributed by atoms with Crippen LogP contribution in [0.15, 0.2) is 29.4 Å². The van der Waals surface area contributed by atoms with Crippen molar-refractivity contribution < 1.29 is 19.1 Å². The summed E-state index contributed by atoms with van der Waals surface area (Å²) in [5.74, 6) is 1.11. The number of rotatable bonds is 9. The zero-order valence-corrected chi connectivity index (χ0v) is 20.5. The van der Waals surface area contributed by atoms with Gasteiger partial charge in [-0.3, -0.25) is 4.79 Å². The molecule has 0 spiro atoms. The highest BCUT2D eigenvalue weighted by atomic mass is 32.2. The second kappa shape index (κ2) is 10.4. The lowest BCUT2D eigenvalue weighted by Gasteiger charge is -2.09. The Morgan fingerprint density at radius 1 is 1.18 bits per heavy atom. The minimum Gasteiger partial charge on any atom is -0.497 e. The van der Waals surface area contributed by atoms with E-state index >= 15 is 0 Å². The topological polar surface area (TPSA) is 95.3 Å². The van der Waals surface area contributed by atoms with Gasteiger partial charge in [0.15, 0.2) is 11.0 Å². The highest BCUT2D eigenvalue weighted by Crippen LogP contribution is 2.39. The van der Waals surface area contributed by atoms with E-state index in [2.05, 4.69) is 15.5 Å². The van der Waals surface area contributed by atoms with Crippen LogP contribution in [0.1, 0.15) is 41.1 Å². The third kappa shape index (κ3) is 4.91. The number of hydrogen-bond acceptors (Lipinski definition) is 8. The zero-order chi connectivity index (χ0) is 23.4. The van der Waals surface area contributed by atoms with Gasteiger partial charge in [-0.2, -0.15) is 0 Å². The highest BCUT2D eigenvalue weighted by Gasteiger charge is 2.28. The second-order valence-electron chi connectivity index (χ2n) is 7.40. The molecule has 0 saturated carbocycles. The predicted octanol–water partition coefficient (Wildman–Crippen LogP) is 4.43. The molecule has 1 aromatic carbocycles. The number of hydrogen-bond donors (Lipinski definition) is 1. The molecular formula is C23H26N4O4S2. The number of carbonyl (C=O) groups is 2. The van der Waals surface area contributed by atoms with Gasteiger partial charge in [-0.15, -0.1) is 21.5 Å². The van der Waals surface area contributed by atoms with Crippen LogP contribution in [0.4, 0.5) is 5.00 Å². The van der Waals surface area contributed by atoms with E-state index in [0.717, 1.165) is 46.8 Å². The Morgan fingerprint density at radius 3 is 2.67 bits per heavy atom. The van der Waals surface area contributed by atoms with Crippen molar-refractivity contribution in [1.29, 1.82) is 0 Å². The van der Waals surface area contributed by atoms with E-state index < -0.39 is 0 Å². The Balaban J connectivity index is 1.46. The van der Waals surface area contributed by atoms with E-state index in [9.17, 15) is 9.59 Å². The molecule has 0 radical (unpaired) electrons. The maximum absolute atomic E-state index is 12.7. The molecule has 0 unspecified atom stereocenters. The first kappa shape index (κ1) is 23.3. The molecule has 1 amide bonds. The van der Waals surface area contributed by atoms with Gasteiger partial charge in [-0.25, -0.2) is 4.79 Å². The Hall–Kier alpha value is -2.85. The lowest BCUT2D eigenvalue weighted by atomic mass is 10.1. The van der Waals surface area contributed by atoms with E-state index in [1.54, 1.807) is 14.0 Å². The second-order valence-corrected chi connectivity index (χ2v) is 9.45. The summed E-state index contributed by atoms with van der Waals surface area (Å²) in [4.78, 5) is 26.4. The average Bonchev–Trinajstić information content (AvgIpc) is 3.52. The molecule has 0 aliphatic heterocycles. The van der Waals surface area contributed by atoms with Gasteiger partial charge in [0.2, 0.25) is 5.91 Å². The van der Waals surface area contributed by atoms with Gasteiger partial charge >= 0.3 is 5.97 Å². The number of anilines is 1. The smallest absolute Gasteiger partial charge is 0.341 e. The van der Waals surface area contributed by atoms with Crippen LogP contribution >= 0.6 is 23.1 Å². The van der Waals surface area contributed by atoms with Gasteiger partial charge in [0, 0.05) is 17.0 Å². The summed E-state index contributed by atoms with van der Waals surface area (Å²) >= 11 is 2.80. The number of carbonyl (C=O) groups excluding carboxylic acids is 2. The maximum Gasteiger partial charge on any atom is 0.341 e. The highest BCUT2D eigenvalue weighted by molar-refractivity contribution is 7.99. The number of thiophene rings is 1. The molecule has 0 fully saturated rings. The van der Waals surface area contributed by atoms with Crippen molar-refractivity contribution in [2.75, 3.05) is 24.8 Å². The number of benzene rings is 1. The summed E-state index contributed by atoms with van der Waals surface area (Å²) < 4.78 is 12.4. The third-order valence-corrected chi connectivity index (χ3v) is 7.54. The van der Waals surface area contributed by atoms with Crippen molar-refractivity contribution in [3.05, 3.63) is 40.3 Å². The first-order valence-electron chi connectivity index (χ1n) is 10.9. The number of esters is 1. The Kier molecular flexibility index (Phi) is 7.34. The normalized spacial score (nSPS) is 12.5. The van der Waals surface area contributed by atoms with Crippen LogP contribution in [-0.4, -0.2) is 46.1 Å². The van der Waals surface area contributed by atoms with Crippen LogP contribution < -0.4 is 10.1 Å². The first-order valence-corrected chi connectivity index (χ1v) is 12.7. The Morgan fingerprint density at radius 2 is 1.97 bits per heavy atom. The molecule has 2 aromatic heterocycles. The molecule has 4 rings (SSSR count). The van der Waals surface area contributed by atoms with E-state index in [1.165, 1.54) is 23.1 Å². The van der Waals surface area contributed by atoms with Crippen LogP contribution in [0.3, 0.4) is 0 Å². The monoisotopic (exact) mass is 486 g/mol. The molecule has 0 saturated heterocycles. The zero-order valence-electron chi connectivity index (χ0n) is 18.8. The summed E-state index contributed by atoms with van der Waals surface area (Å²) in [5, 5.41) is 12.8. The van der Waals surface area contributed by atoms with Crippen LogP contribution in [-0.2, 0) is 28.9 Å². The molecule has 1 aliphatic carbocycles. The molecule has 174 valence electrons. The van der Waals surface area contributed by atoms with Gasteiger partial charge in [0.1, 0.15) is 10.8 Å². The number of nitrogens with one attached hydrogen (secondary N) is 1. The number of thioether (sulfide) groups is 1. The van der Waals surface area contributed by atoms with Crippen LogP contribution in [0.25, 0.3) is 11.4 Å². The van der Waals surface area contributed by atoms with Gasteiger partial charge < -0.3 is 19.4 Å². The number of aromatic nitrogens is 3. The fraction of sp³-hybridized carbons (Fsp3) is 0.391. The fourth-order valence-electron chi connectivity index (χ4n) is 3.84. The van der Waals surface area contributed by atoms with Crippen molar-refractivity contribution in [1.82, 2.24) is 14.8 Å². The lowest BCUT2D eigenvalue weighted by Crippen LogP contribution is -2.17. The molecule has 2 heterocycles. The summed E-state index contributed by atoms with van der Waals surface area (Å²) in [6.45, 7) is 4.77. The van der Waals surface area contributed by atoms with Gasteiger partial charge in [-0.1, -0.05) is 11.8 Å². The van der Waals surface area contributed by atoms with E-state index in [4.69, 9.17) is 9.47 Å². The number of methoxy groups -OCH3 is 1. The Labute approximate surface area is 200 Å². The number of fused-ring (bicyclic) bond motifs is 1. The molecule has 0 bridgehead atoms. The largest absolute Gasteiger partial charge is 0.497 e. The molecule has 33 heavy (non-hydrogen) atoms. The van der Waals surface area contributed by atoms with Gasteiger partial charge in [0.05, 0.1) is 25.0 Å². The summed E-state index contributed by atoms with van der Waals surface area (Å²) in [6.07, 6.45) is 2.81. The number of ether oxygens (including phenoxy) is 2. The first-order chi connectivity index (χ1) is 16.0. The van der Waals surface area contributed by atoms with E-state index in [0.29, 0.717) is 28.9 Å². The van der Waals surface area contributed by atoms with Crippen LogP contribution in [0, 0.1) is 0 Å². The molecule has 1 N–H and O–H groups in total. The van der Waals surface area contributed by atoms with Crippen molar-refractivity contribution in [3.8, 4) is 17.1 Å². The van der Waals surface area contributed by atoms with E-state index in [1.807, 2.05) is 35.8 Å². The third-order valence-electron chi connectivity index (χ3n) is 5.37. The quantitative estimate of drug-likeness (QED) is 0.353. The van der Waals surface area contributed by atoms with E-state index in [-0.39, 0.29) is 17.6 Å². The van der Waals surface area contributed by atoms with Crippen molar-refractivity contribution in [3.63, 3.8) is 0 Å². The number of aryl methyl sites for hydroxylation is 1. The Bertz CT molecular complexity index is 1150. The van der Waals surface area contributed by atoms with Crippen LogP contribution in [0.5, 0.6) is 5.75 Å². The standard InChI is InChI=1S/C23H26N4O4S2/c1-4-27-20(14-9-11-15(30-3)12-10-14)25-26-23(27)32-13-18(28)24-21-19(22(29)31-5-2)16-7-6-8-17(16)33-21/h9-12H,4-8,13H2,1-3H3,(H,24,28). The van der Waals surface area contributed by atoms with Crippen molar-refractivity contribution in [2.45, 2.75) is 44.8 Å². The van der Waals surface area contributed by atoms with Gasteiger partial charge in [-0.05, 0) is 62.9 Å². The summed E-state index contributed by atoms with van der Waals surface area (Å²) in [6, 6.07) is 7.62. The number of amides is 1. The maximum atomic E-state index is 12.7. The molecule has 3 aromatic rings. The summed E-state index contributed by atoms with van der Waals surface area (Å²) in [5.41, 5.74) is 2.47. The molecule has 1 aliphatic rings. The number of nitrogens with zero attached hydrogens (tertiary/aromatic N) is 3. The molecular weight excluding hydrogens is 460 g/mol. The predicted molar refractivity (Wildman–Crippen MR) is 129 cm³/mol. The van der Waals surface area contributed by atoms with Crippen LogP contribution in [0.2, 0.25) is 0 Å². The molecule has 0 atom stereocenters. The minimum atomic E-state index is -0.366. The summed E-state index contributed by atoms with van der Waals surface area (Å²) in [7, 11) is 1.63. The van der Waals surface area contributed by atoms with Gasteiger partial charge in [0.25, 0.3) is 0 Å². The molecule has 8 nitrogen and oxygen atoms in total. The van der Waals surface area contributed by atoms with Crippen molar-refractivity contribution >= 4 is 40.0 Å².